The van der Waals surface area contributed by atoms with Crippen LogP contribution in [0.3, 0.4) is 0 Å². The fraction of sp³-hybridized carbons (Fsp3) is 0.294. The molecule has 25 heavy (non-hydrogen) atoms. The number of halogens is 3. The minimum Gasteiger partial charge on any atom is -0.296 e. The SMILES string of the molecule is O=S(=O)(c1cc(Cl)c(Cl)cc1Cl)N1CCN(Cc2ccccc2)CC1. The first-order valence-corrected chi connectivity index (χ1v) is 10.4. The molecule has 1 aliphatic heterocycles. The van der Waals surface area contributed by atoms with Crippen molar-refractivity contribution in [1.29, 1.82) is 0 Å². The Bertz CT molecular complexity index is 852. The average Bonchev–Trinajstić information content (AvgIpc) is 2.59. The second-order valence-corrected chi connectivity index (χ2v) is 8.99. The van der Waals surface area contributed by atoms with E-state index in [0.717, 1.165) is 6.54 Å². The summed E-state index contributed by atoms with van der Waals surface area (Å²) in [5.74, 6) is 0. The van der Waals surface area contributed by atoms with Gasteiger partial charge in [0.25, 0.3) is 0 Å². The maximum Gasteiger partial charge on any atom is 0.244 e. The van der Waals surface area contributed by atoms with Crippen LogP contribution in [-0.2, 0) is 16.6 Å². The van der Waals surface area contributed by atoms with E-state index in [9.17, 15) is 8.42 Å². The molecule has 0 atom stereocenters. The third kappa shape index (κ3) is 4.30. The van der Waals surface area contributed by atoms with Crippen LogP contribution in [0.25, 0.3) is 0 Å². The van der Waals surface area contributed by atoms with Gasteiger partial charge in [0.15, 0.2) is 0 Å². The van der Waals surface area contributed by atoms with Crippen molar-refractivity contribution >= 4 is 44.8 Å². The molecular formula is C17H17Cl3N2O2S. The second-order valence-electron chi connectivity index (χ2n) is 5.86. The molecule has 1 fully saturated rings. The summed E-state index contributed by atoms with van der Waals surface area (Å²) >= 11 is 17.9. The van der Waals surface area contributed by atoms with Crippen molar-refractivity contribution in [2.75, 3.05) is 26.2 Å². The summed E-state index contributed by atoms with van der Waals surface area (Å²) in [6.07, 6.45) is 0. The maximum absolute atomic E-state index is 12.9. The van der Waals surface area contributed by atoms with Gasteiger partial charge in [-0.05, 0) is 17.7 Å². The summed E-state index contributed by atoms with van der Waals surface area (Å²) < 4.78 is 27.2. The van der Waals surface area contributed by atoms with E-state index in [2.05, 4.69) is 17.0 Å². The van der Waals surface area contributed by atoms with Crippen molar-refractivity contribution in [3.05, 3.63) is 63.1 Å². The monoisotopic (exact) mass is 418 g/mol. The van der Waals surface area contributed by atoms with Crippen molar-refractivity contribution in [2.45, 2.75) is 11.4 Å². The number of hydrogen-bond donors (Lipinski definition) is 0. The van der Waals surface area contributed by atoms with E-state index >= 15 is 0 Å². The lowest BCUT2D eigenvalue weighted by Crippen LogP contribution is -2.48. The molecule has 0 amide bonds. The highest BCUT2D eigenvalue weighted by Gasteiger charge is 2.30. The van der Waals surface area contributed by atoms with E-state index in [4.69, 9.17) is 34.8 Å². The Hall–Kier alpha value is -0.820. The van der Waals surface area contributed by atoms with E-state index in [1.54, 1.807) is 0 Å². The van der Waals surface area contributed by atoms with Crippen LogP contribution in [0, 0.1) is 0 Å². The molecule has 0 spiro atoms. The number of hydrogen-bond acceptors (Lipinski definition) is 3. The number of benzene rings is 2. The van der Waals surface area contributed by atoms with Crippen molar-refractivity contribution in [2.24, 2.45) is 0 Å². The van der Waals surface area contributed by atoms with E-state index in [1.165, 1.54) is 22.0 Å². The van der Waals surface area contributed by atoms with E-state index < -0.39 is 10.0 Å². The normalized spacial score (nSPS) is 16.9. The number of rotatable bonds is 4. The number of sulfonamides is 1. The Morgan fingerprint density at radius 2 is 1.44 bits per heavy atom. The Morgan fingerprint density at radius 1 is 0.840 bits per heavy atom. The molecule has 0 saturated carbocycles. The molecule has 2 aromatic carbocycles. The van der Waals surface area contributed by atoms with Crippen molar-refractivity contribution in [3.8, 4) is 0 Å². The Balaban J connectivity index is 1.71. The molecule has 0 aliphatic carbocycles. The molecule has 8 heteroatoms. The molecule has 134 valence electrons. The molecule has 0 radical (unpaired) electrons. The highest BCUT2D eigenvalue weighted by Crippen LogP contribution is 2.33. The molecule has 0 N–H and O–H groups in total. The van der Waals surface area contributed by atoms with Gasteiger partial charge in [-0.25, -0.2) is 8.42 Å². The van der Waals surface area contributed by atoms with Gasteiger partial charge in [-0.3, -0.25) is 4.90 Å². The molecular weight excluding hydrogens is 403 g/mol. The number of piperazine rings is 1. The zero-order valence-corrected chi connectivity index (χ0v) is 16.4. The van der Waals surface area contributed by atoms with Gasteiger partial charge in [-0.15, -0.1) is 0 Å². The first kappa shape index (κ1) is 19.0. The van der Waals surface area contributed by atoms with Gasteiger partial charge in [0, 0.05) is 32.7 Å². The van der Waals surface area contributed by atoms with Crippen LogP contribution >= 0.6 is 34.8 Å². The highest BCUT2D eigenvalue weighted by atomic mass is 35.5. The van der Waals surface area contributed by atoms with Gasteiger partial charge in [-0.2, -0.15) is 4.31 Å². The van der Waals surface area contributed by atoms with E-state index in [-0.39, 0.29) is 20.0 Å². The van der Waals surface area contributed by atoms with Crippen LogP contribution in [0.4, 0.5) is 0 Å². The number of nitrogens with zero attached hydrogens (tertiary/aromatic N) is 2. The molecule has 0 unspecified atom stereocenters. The topological polar surface area (TPSA) is 40.6 Å². The van der Waals surface area contributed by atoms with Crippen LogP contribution < -0.4 is 0 Å². The zero-order valence-electron chi connectivity index (χ0n) is 13.3. The average molecular weight is 420 g/mol. The maximum atomic E-state index is 12.9. The minimum atomic E-state index is -3.70. The van der Waals surface area contributed by atoms with Crippen molar-refractivity contribution in [1.82, 2.24) is 9.21 Å². The molecule has 1 heterocycles. The lowest BCUT2D eigenvalue weighted by atomic mass is 10.2. The zero-order chi connectivity index (χ0) is 18.0. The summed E-state index contributed by atoms with van der Waals surface area (Å²) in [6, 6.07) is 12.8. The highest BCUT2D eigenvalue weighted by molar-refractivity contribution is 7.89. The standard InChI is InChI=1S/C17H17Cl3N2O2S/c18-14-10-16(20)17(11-15(14)19)25(23,24)22-8-6-21(7-9-22)12-13-4-2-1-3-5-13/h1-5,10-11H,6-9,12H2. The predicted molar refractivity (Wildman–Crippen MR) is 102 cm³/mol. The van der Waals surface area contributed by atoms with Crippen LogP contribution in [0.15, 0.2) is 47.4 Å². The predicted octanol–water partition coefficient (Wildman–Crippen LogP) is 4.15. The van der Waals surface area contributed by atoms with Crippen LogP contribution in [-0.4, -0.2) is 43.8 Å². The Labute approximate surface area is 162 Å². The molecule has 4 nitrogen and oxygen atoms in total. The second kappa shape index (κ2) is 7.82. The molecule has 1 saturated heterocycles. The van der Waals surface area contributed by atoms with Crippen LogP contribution in [0.2, 0.25) is 15.1 Å². The van der Waals surface area contributed by atoms with Gasteiger partial charge in [-0.1, -0.05) is 65.1 Å². The summed E-state index contributed by atoms with van der Waals surface area (Å²) in [5, 5.41) is 0.492. The fourth-order valence-electron chi connectivity index (χ4n) is 2.81. The lowest BCUT2D eigenvalue weighted by molar-refractivity contribution is 0.181. The third-order valence-electron chi connectivity index (χ3n) is 4.17. The summed E-state index contributed by atoms with van der Waals surface area (Å²) in [6.45, 7) is 2.94. The van der Waals surface area contributed by atoms with Gasteiger partial charge in [0.05, 0.1) is 15.1 Å². The lowest BCUT2D eigenvalue weighted by Gasteiger charge is -2.34. The molecule has 1 aliphatic rings. The third-order valence-corrected chi connectivity index (χ3v) is 7.26. The molecule has 0 bridgehead atoms. The van der Waals surface area contributed by atoms with Gasteiger partial charge >= 0.3 is 0 Å². The fourth-order valence-corrected chi connectivity index (χ4v) is 5.21. The molecule has 2 aromatic rings. The van der Waals surface area contributed by atoms with E-state index in [1.807, 2.05) is 18.2 Å². The summed E-state index contributed by atoms with van der Waals surface area (Å²) in [7, 11) is -3.70. The molecule has 0 aromatic heterocycles. The Kier molecular flexibility index (Phi) is 5.93. The summed E-state index contributed by atoms with van der Waals surface area (Å²) in [5.41, 5.74) is 1.21. The van der Waals surface area contributed by atoms with Crippen LogP contribution in [0.5, 0.6) is 0 Å². The van der Waals surface area contributed by atoms with E-state index in [0.29, 0.717) is 26.2 Å². The summed E-state index contributed by atoms with van der Waals surface area (Å²) in [4.78, 5) is 2.23. The minimum absolute atomic E-state index is 0.0000704. The van der Waals surface area contributed by atoms with Crippen molar-refractivity contribution < 1.29 is 8.42 Å². The van der Waals surface area contributed by atoms with Crippen LogP contribution in [0.1, 0.15) is 5.56 Å². The largest absolute Gasteiger partial charge is 0.296 e. The van der Waals surface area contributed by atoms with Gasteiger partial charge in [0.2, 0.25) is 10.0 Å². The quantitative estimate of drug-likeness (QED) is 0.699. The first-order chi connectivity index (χ1) is 11.9. The van der Waals surface area contributed by atoms with Gasteiger partial charge < -0.3 is 0 Å². The smallest absolute Gasteiger partial charge is 0.244 e. The first-order valence-electron chi connectivity index (χ1n) is 7.79. The van der Waals surface area contributed by atoms with Gasteiger partial charge in [0.1, 0.15) is 4.90 Å². The molecule has 3 rings (SSSR count). The Morgan fingerprint density at radius 3 is 2.08 bits per heavy atom. The van der Waals surface area contributed by atoms with Crippen molar-refractivity contribution in [3.63, 3.8) is 0 Å².